The summed E-state index contributed by atoms with van der Waals surface area (Å²) >= 11 is 0. The molecule has 3 nitrogen and oxygen atoms in total. The predicted molar refractivity (Wildman–Crippen MR) is 127 cm³/mol. The van der Waals surface area contributed by atoms with Crippen LogP contribution in [0.15, 0.2) is 66.7 Å². The highest BCUT2D eigenvalue weighted by molar-refractivity contribution is 6.33. The van der Waals surface area contributed by atoms with Crippen molar-refractivity contribution in [1.82, 2.24) is 4.90 Å². The summed E-state index contributed by atoms with van der Waals surface area (Å²) in [5.41, 5.74) is 4.42. The number of hydrogen-bond donors (Lipinski definition) is 1. The van der Waals surface area contributed by atoms with E-state index < -0.39 is 5.60 Å². The van der Waals surface area contributed by atoms with Crippen LogP contribution >= 0.6 is 0 Å². The van der Waals surface area contributed by atoms with E-state index >= 15 is 0 Å². The van der Waals surface area contributed by atoms with Crippen LogP contribution in [0.5, 0.6) is 5.75 Å². The zero-order chi connectivity index (χ0) is 22.2. The van der Waals surface area contributed by atoms with Gasteiger partial charge < -0.3 is 9.84 Å². The van der Waals surface area contributed by atoms with Crippen LogP contribution in [0.4, 0.5) is 0 Å². The largest absolute Gasteiger partial charge is 0.496 e. The van der Waals surface area contributed by atoms with Crippen molar-refractivity contribution < 1.29 is 9.84 Å². The summed E-state index contributed by atoms with van der Waals surface area (Å²) in [4.78, 5) is 2.26. The molecule has 1 unspecified atom stereocenters. The molecule has 0 amide bonds. The number of fused-ring (bicyclic) bond motifs is 1. The third kappa shape index (κ3) is 4.15. The van der Waals surface area contributed by atoms with E-state index in [0.717, 1.165) is 28.8 Å². The van der Waals surface area contributed by atoms with Gasteiger partial charge in [-0.15, -0.1) is 0 Å². The molecular weight excluding hydrogens is 381 g/mol. The van der Waals surface area contributed by atoms with Crippen LogP contribution in [0.2, 0.25) is 0 Å². The highest BCUT2D eigenvalue weighted by Crippen LogP contribution is 2.42. The Balaban J connectivity index is 1.86. The van der Waals surface area contributed by atoms with Crippen molar-refractivity contribution in [3.8, 4) is 5.75 Å². The summed E-state index contributed by atoms with van der Waals surface area (Å²) in [6.45, 7) is 8.42. The second kappa shape index (κ2) is 8.18. The molecule has 0 aromatic heterocycles. The maximum Gasteiger partial charge on any atom is 0.131 e. The van der Waals surface area contributed by atoms with E-state index in [2.05, 4.69) is 49.9 Å². The number of nitrogens with zero attached hydrogens (tertiary/aromatic N) is 1. The number of hydrogen-bond acceptors (Lipinski definition) is 3. The Labute approximate surface area is 187 Å². The van der Waals surface area contributed by atoms with Crippen LogP contribution in [-0.2, 0) is 24.1 Å². The number of β-amino-alcohol motifs (C(OH)–C–C–N with tert-alkyl or cyclic N) is 1. The summed E-state index contributed by atoms with van der Waals surface area (Å²) in [5.74, 6) is 0.686. The lowest BCUT2D eigenvalue weighted by molar-refractivity contribution is 0.0139. The van der Waals surface area contributed by atoms with Crippen LogP contribution in [0.1, 0.15) is 48.6 Å². The molecule has 1 heterocycles. The Morgan fingerprint density at radius 1 is 1.00 bits per heavy atom. The van der Waals surface area contributed by atoms with Gasteiger partial charge in [0.25, 0.3) is 0 Å². The van der Waals surface area contributed by atoms with Crippen molar-refractivity contribution in [2.45, 2.75) is 44.9 Å². The van der Waals surface area contributed by atoms with Crippen LogP contribution in [0.3, 0.4) is 0 Å². The average Bonchev–Trinajstić information content (AvgIpc) is 2.74. The van der Waals surface area contributed by atoms with Crippen LogP contribution in [0.25, 0.3) is 0 Å². The van der Waals surface area contributed by atoms with E-state index in [1.54, 1.807) is 7.11 Å². The van der Waals surface area contributed by atoms with E-state index in [-0.39, 0.29) is 5.41 Å². The van der Waals surface area contributed by atoms with Gasteiger partial charge in [-0.3, -0.25) is 4.90 Å². The quantitative estimate of drug-likeness (QED) is 0.658. The van der Waals surface area contributed by atoms with Gasteiger partial charge in [-0.05, 0) is 39.8 Å². The summed E-state index contributed by atoms with van der Waals surface area (Å²) in [5, 5.41) is 12.3. The fraction of sp³-hybridized carbons (Fsp3) is 0.333. The van der Waals surface area contributed by atoms with Gasteiger partial charge in [-0.2, -0.15) is 0 Å². The summed E-state index contributed by atoms with van der Waals surface area (Å²) in [6.07, 6.45) is 0. The maximum absolute atomic E-state index is 12.3. The van der Waals surface area contributed by atoms with E-state index in [4.69, 9.17) is 12.6 Å². The van der Waals surface area contributed by atoms with E-state index in [0.29, 0.717) is 24.3 Å². The molecule has 1 aliphatic rings. The lowest BCUT2D eigenvalue weighted by Crippen LogP contribution is -2.48. The van der Waals surface area contributed by atoms with Gasteiger partial charge >= 0.3 is 0 Å². The number of aliphatic hydroxyl groups is 1. The molecule has 1 N–H and O–H groups in total. The monoisotopic (exact) mass is 411 g/mol. The van der Waals surface area contributed by atoms with E-state index in [9.17, 15) is 5.11 Å². The van der Waals surface area contributed by atoms with Gasteiger partial charge in [-0.25, -0.2) is 0 Å². The summed E-state index contributed by atoms with van der Waals surface area (Å²) in [6, 6.07) is 22.3. The maximum atomic E-state index is 12.3. The van der Waals surface area contributed by atoms with E-state index in [1.165, 1.54) is 5.56 Å². The zero-order valence-corrected chi connectivity index (χ0v) is 18.9. The molecule has 1 atom stereocenters. The minimum Gasteiger partial charge on any atom is -0.496 e. The van der Waals surface area contributed by atoms with Crippen LogP contribution in [0, 0.1) is 0 Å². The second-order valence-corrected chi connectivity index (χ2v) is 9.53. The second-order valence-electron chi connectivity index (χ2n) is 9.53. The molecule has 0 saturated heterocycles. The minimum absolute atomic E-state index is 0.0473. The van der Waals surface area contributed by atoms with E-state index in [1.807, 2.05) is 42.5 Å². The number of ether oxygens (including phenoxy) is 1. The molecule has 0 spiro atoms. The van der Waals surface area contributed by atoms with Crippen LogP contribution in [-0.4, -0.2) is 31.5 Å². The number of rotatable bonds is 4. The standard InChI is InChI=1S/C27H30BNO2/c1-26(2,3)20-13-14-25(31-4)23(15-20)27(30)18-29(16-19-9-6-5-7-10-19)17-21-22(27)11-8-12-24(21)28/h5-15,30H,16-18H2,1-4H3. The highest BCUT2D eigenvalue weighted by atomic mass is 16.5. The molecule has 3 aromatic rings. The minimum atomic E-state index is -1.23. The first-order valence-corrected chi connectivity index (χ1v) is 10.8. The molecule has 0 bridgehead atoms. The van der Waals surface area contributed by atoms with Gasteiger partial charge in [0.15, 0.2) is 0 Å². The Hall–Kier alpha value is -2.56. The molecule has 3 aromatic carbocycles. The Bertz CT molecular complexity index is 1070. The first kappa shape index (κ1) is 21.7. The Kier molecular flexibility index (Phi) is 5.72. The average molecular weight is 411 g/mol. The van der Waals surface area contributed by atoms with Crippen molar-refractivity contribution in [2.75, 3.05) is 13.7 Å². The van der Waals surface area contributed by atoms with Gasteiger partial charge in [-0.1, -0.05) is 80.8 Å². The normalized spacial score (nSPS) is 19.1. The molecule has 0 saturated carbocycles. The van der Waals surface area contributed by atoms with Gasteiger partial charge in [0, 0.05) is 25.2 Å². The molecule has 4 heteroatoms. The molecule has 2 radical (unpaired) electrons. The number of benzene rings is 3. The van der Waals surface area contributed by atoms with Gasteiger partial charge in [0.05, 0.1) is 7.11 Å². The van der Waals surface area contributed by atoms with Crippen molar-refractivity contribution in [1.29, 1.82) is 0 Å². The summed E-state index contributed by atoms with van der Waals surface area (Å²) < 4.78 is 5.72. The highest BCUT2D eigenvalue weighted by Gasteiger charge is 2.42. The Morgan fingerprint density at radius 2 is 1.74 bits per heavy atom. The molecule has 158 valence electrons. The molecule has 1 aliphatic heterocycles. The van der Waals surface area contributed by atoms with Crippen molar-refractivity contribution >= 4 is 13.3 Å². The lowest BCUT2D eigenvalue weighted by Gasteiger charge is -2.43. The number of methoxy groups -OCH3 is 1. The topological polar surface area (TPSA) is 32.7 Å². The molecule has 4 rings (SSSR count). The van der Waals surface area contributed by atoms with Crippen molar-refractivity contribution in [3.63, 3.8) is 0 Å². The molecule has 31 heavy (non-hydrogen) atoms. The first-order valence-electron chi connectivity index (χ1n) is 10.8. The smallest absolute Gasteiger partial charge is 0.131 e. The third-order valence-corrected chi connectivity index (χ3v) is 6.25. The first-order chi connectivity index (χ1) is 14.7. The lowest BCUT2D eigenvalue weighted by atomic mass is 9.74. The predicted octanol–water partition coefficient (Wildman–Crippen LogP) is 4.04. The molecular formula is C27H30BNO2. The SMILES string of the molecule is [B]c1cccc2c1CN(Cc1ccccc1)CC2(O)c1cc(C(C)(C)C)ccc1OC. The summed E-state index contributed by atoms with van der Waals surface area (Å²) in [7, 11) is 8.05. The van der Waals surface area contributed by atoms with Crippen LogP contribution < -0.4 is 10.2 Å². The molecule has 0 fully saturated rings. The van der Waals surface area contributed by atoms with Gasteiger partial charge in [0.2, 0.25) is 0 Å². The van der Waals surface area contributed by atoms with Crippen molar-refractivity contribution in [2.24, 2.45) is 0 Å². The fourth-order valence-corrected chi connectivity index (χ4v) is 4.54. The van der Waals surface area contributed by atoms with Crippen molar-refractivity contribution in [3.05, 3.63) is 94.5 Å². The fourth-order valence-electron chi connectivity index (χ4n) is 4.54. The molecule has 0 aliphatic carbocycles. The Morgan fingerprint density at radius 3 is 2.42 bits per heavy atom. The third-order valence-electron chi connectivity index (χ3n) is 6.25. The van der Waals surface area contributed by atoms with Gasteiger partial charge in [0.1, 0.15) is 19.2 Å². The zero-order valence-electron chi connectivity index (χ0n) is 18.9.